The van der Waals surface area contributed by atoms with Gasteiger partial charge in [-0.15, -0.1) is 0 Å². The SMILES string of the molecule is O=C(OCCC(O)c1cccc(C=Cc2ccc3ccc(Cl)cc3n2)c1)c1ccccc1. The number of aliphatic hydroxyl groups excluding tert-OH is 1. The smallest absolute Gasteiger partial charge is 0.338 e. The second kappa shape index (κ2) is 10.2. The third-order valence-electron chi connectivity index (χ3n) is 5.05. The third-order valence-corrected chi connectivity index (χ3v) is 5.29. The van der Waals surface area contributed by atoms with E-state index >= 15 is 0 Å². The Balaban J connectivity index is 1.38. The summed E-state index contributed by atoms with van der Waals surface area (Å²) in [5, 5.41) is 12.2. The van der Waals surface area contributed by atoms with Crippen molar-refractivity contribution in [3.05, 3.63) is 112 Å². The molecule has 0 radical (unpaired) electrons. The van der Waals surface area contributed by atoms with Gasteiger partial charge < -0.3 is 9.84 Å². The molecule has 4 nitrogen and oxygen atoms in total. The molecule has 1 heterocycles. The van der Waals surface area contributed by atoms with Gasteiger partial charge in [-0.3, -0.25) is 0 Å². The van der Waals surface area contributed by atoms with E-state index in [1.807, 2.05) is 72.8 Å². The van der Waals surface area contributed by atoms with E-state index in [0.717, 1.165) is 27.7 Å². The van der Waals surface area contributed by atoms with E-state index in [9.17, 15) is 9.90 Å². The van der Waals surface area contributed by atoms with Crippen molar-refractivity contribution in [1.29, 1.82) is 0 Å². The zero-order chi connectivity index (χ0) is 22.3. The van der Waals surface area contributed by atoms with Crippen LogP contribution in [0.1, 0.15) is 39.7 Å². The molecule has 0 aliphatic rings. The van der Waals surface area contributed by atoms with Crippen LogP contribution in [0, 0.1) is 0 Å². The minimum absolute atomic E-state index is 0.137. The summed E-state index contributed by atoms with van der Waals surface area (Å²) in [5.41, 5.74) is 3.86. The molecule has 0 spiro atoms. The summed E-state index contributed by atoms with van der Waals surface area (Å²) in [7, 11) is 0. The van der Waals surface area contributed by atoms with Gasteiger partial charge in [-0.05, 0) is 53.6 Å². The standard InChI is InChI=1S/C27H22ClNO3/c28-23-12-10-20-11-14-24(29-25(20)18-23)13-9-19-5-4-8-22(17-19)26(30)15-16-32-27(31)21-6-2-1-3-7-21/h1-14,17-18,26,30H,15-16H2. The quantitative estimate of drug-likeness (QED) is 0.338. The Morgan fingerprint density at radius 3 is 2.62 bits per heavy atom. The average molecular weight is 444 g/mol. The third kappa shape index (κ3) is 5.61. The maximum atomic E-state index is 12.0. The number of benzene rings is 3. The second-order valence-corrected chi connectivity index (χ2v) is 7.82. The van der Waals surface area contributed by atoms with Crippen molar-refractivity contribution in [1.82, 2.24) is 4.98 Å². The van der Waals surface area contributed by atoms with Crippen LogP contribution < -0.4 is 0 Å². The summed E-state index contributed by atoms with van der Waals surface area (Å²) >= 11 is 6.07. The summed E-state index contributed by atoms with van der Waals surface area (Å²) < 4.78 is 5.27. The molecule has 0 saturated heterocycles. The van der Waals surface area contributed by atoms with Gasteiger partial charge in [0.15, 0.2) is 0 Å². The lowest BCUT2D eigenvalue weighted by Gasteiger charge is -2.12. The predicted molar refractivity (Wildman–Crippen MR) is 128 cm³/mol. The molecule has 0 amide bonds. The maximum Gasteiger partial charge on any atom is 0.338 e. The molecule has 1 unspecified atom stereocenters. The highest BCUT2D eigenvalue weighted by Crippen LogP contribution is 2.21. The van der Waals surface area contributed by atoms with Crippen molar-refractivity contribution in [2.75, 3.05) is 6.61 Å². The maximum absolute atomic E-state index is 12.0. The van der Waals surface area contributed by atoms with E-state index in [4.69, 9.17) is 16.3 Å². The molecule has 1 aromatic heterocycles. The van der Waals surface area contributed by atoms with Crippen LogP contribution in [0.25, 0.3) is 23.1 Å². The highest BCUT2D eigenvalue weighted by Gasteiger charge is 2.11. The molecule has 3 aromatic carbocycles. The van der Waals surface area contributed by atoms with Gasteiger partial charge in [0, 0.05) is 16.8 Å². The molecule has 5 heteroatoms. The molecular formula is C27H22ClNO3. The van der Waals surface area contributed by atoms with Crippen LogP contribution in [0.15, 0.2) is 84.9 Å². The number of rotatable bonds is 7. The van der Waals surface area contributed by atoms with Crippen molar-refractivity contribution >= 4 is 40.6 Å². The second-order valence-electron chi connectivity index (χ2n) is 7.38. The van der Waals surface area contributed by atoms with Crippen LogP contribution in [0.4, 0.5) is 0 Å². The topological polar surface area (TPSA) is 59.4 Å². The van der Waals surface area contributed by atoms with Crippen LogP contribution >= 0.6 is 11.6 Å². The molecule has 32 heavy (non-hydrogen) atoms. The van der Waals surface area contributed by atoms with Crippen molar-refractivity contribution in [2.45, 2.75) is 12.5 Å². The fourth-order valence-electron chi connectivity index (χ4n) is 3.34. The number of halogens is 1. The van der Waals surface area contributed by atoms with Crippen molar-refractivity contribution in [2.24, 2.45) is 0 Å². The van der Waals surface area contributed by atoms with Gasteiger partial charge in [0.05, 0.1) is 29.5 Å². The van der Waals surface area contributed by atoms with Crippen molar-refractivity contribution in [3.8, 4) is 0 Å². The number of fused-ring (bicyclic) bond motifs is 1. The predicted octanol–water partition coefficient (Wildman–Crippen LogP) is 6.34. The minimum Gasteiger partial charge on any atom is -0.462 e. The fourth-order valence-corrected chi connectivity index (χ4v) is 3.50. The molecule has 0 saturated carbocycles. The number of pyridine rings is 1. The first kappa shape index (κ1) is 21.8. The summed E-state index contributed by atoms with van der Waals surface area (Å²) in [5.74, 6) is -0.390. The lowest BCUT2D eigenvalue weighted by Crippen LogP contribution is -2.09. The number of nitrogens with zero attached hydrogens (tertiary/aromatic N) is 1. The monoisotopic (exact) mass is 443 g/mol. The fraction of sp³-hybridized carbons (Fsp3) is 0.111. The summed E-state index contributed by atoms with van der Waals surface area (Å²) in [6.07, 6.45) is 3.46. The number of aliphatic hydroxyl groups is 1. The molecule has 4 rings (SSSR count). The van der Waals surface area contributed by atoms with Crippen molar-refractivity contribution < 1.29 is 14.6 Å². The van der Waals surface area contributed by atoms with Gasteiger partial charge in [0.25, 0.3) is 0 Å². The highest BCUT2D eigenvalue weighted by molar-refractivity contribution is 6.31. The minimum atomic E-state index is -0.729. The average Bonchev–Trinajstić information content (AvgIpc) is 2.83. The molecule has 0 aliphatic carbocycles. The van der Waals surface area contributed by atoms with E-state index in [2.05, 4.69) is 4.98 Å². The number of carbonyl (C=O) groups is 1. The largest absolute Gasteiger partial charge is 0.462 e. The molecule has 160 valence electrons. The van der Waals surface area contributed by atoms with Gasteiger partial charge >= 0.3 is 5.97 Å². The Kier molecular flexibility index (Phi) is 6.95. The Labute approximate surface area is 191 Å². The van der Waals surface area contributed by atoms with Crippen LogP contribution in [0.3, 0.4) is 0 Å². The number of esters is 1. The van der Waals surface area contributed by atoms with Gasteiger partial charge in [0.2, 0.25) is 0 Å². The number of hydrogen-bond donors (Lipinski definition) is 1. The Morgan fingerprint density at radius 2 is 1.78 bits per heavy atom. The van der Waals surface area contributed by atoms with Gasteiger partial charge in [-0.2, -0.15) is 0 Å². The number of carbonyl (C=O) groups excluding carboxylic acids is 1. The Morgan fingerprint density at radius 1 is 0.969 bits per heavy atom. The number of ether oxygens (including phenoxy) is 1. The normalized spacial score (nSPS) is 12.2. The zero-order valence-electron chi connectivity index (χ0n) is 17.3. The van der Waals surface area contributed by atoms with E-state index in [-0.39, 0.29) is 6.61 Å². The summed E-state index contributed by atoms with van der Waals surface area (Å²) in [6, 6.07) is 26.0. The first-order chi connectivity index (χ1) is 15.6. The lowest BCUT2D eigenvalue weighted by molar-refractivity contribution is 0.0430. The van der Waals surface area contributed by atoms with Crippen LogP contribution in [-0.2, 0) is 4.74 Å². The molecule has 0 fully saturated rings. The summed E-state index contributed by atoms with van der Waals surface area (Å²) in [6.45, 7) is 0.137. The van der Waals surface area contributed by atoms with E-state index < -0.39 is 12.1 Å². The summed E-state index contributed by atoms with van der Waals surface area (Å²) in [4.78, 5) is 16.6. The number of hydrogen-bond acceptors (Lipinski definition) is 4. The molecule has 1 atom stereocenters. The van der Waals surface area contributed by atoms with Gasteiger partial charge in [-0.25, -0.2) is 9.78 Å². The Bertz CT molecular complexity index is 1250. The highest BCUT2D eigenvalue weighted by atomic mass is 35.5. The van der Waals surface area contributed by atoms with E-state index in [1.165, 1.54) is 0 Å². The van der Waals surface area contributed by atoms with Gasteiger partial charge in [-0.1, -0.05) is 66.2 Å². The molecular weight excluding hydrogens is 422 g/mol. The molecule has 1 N–H and O–H groups in total. The molecule has 4 aromatic rings. The van der Waals surface area contributed by atoms with Crippen molar-refractivity contribution in [3.63, 3.8) is 0 Å². The molecule has 0 aliphatic heterocycles. The first-order valence-corrected chi connectivity index (χ1v) is 10.7. The van der Waals surface area contributed by atoms with Crippen LogP contribution in [-0.4, -0.2) is 22.7 Å². The van der Waals surface area contributed by atoms with E-state index in [1.54, 1.807) is 24.3 Å². The zero-order valence-corrected chi connectivity index (χ0v) is 18.1. The molecule has 0 bridgehead atoms. The van der Waals surface area contributed by atoms with E-state index in [0.29, 0.717) is 17.0 Å². The van der Waals surface area contributed by atoms with Crippen LogP contribution in [0.2, 0.25) is 5.02 Å². The van der Waals surface area contributed by atoms with Gasteiger partial charge in [0.1, 0.15) is 0 Å². The lowest BCUT2D eigenvalue weighted by atomic mass is 10.0. The Hall–Kier alpha value is -3.47. The number of aromatic nitrogens is 1. The van der Waals surface area contributed by atoms with Crippen LogP contribution in [0.5, 0.6) is 0 Å². The first-order valence-electron chi connectivity index (χ1n) is 10.3.